The van der Waals surface area contributed by atoms with Crippen LogP contribution in [0.2, 0.25) is 0 Å². The SMILES string of the molecule is c1ccc2nc3c(nc2c1)OC1CCCCC31. The average Bonchev–Trinajstić information content (AvgIpc) is 2.73. The number of ether oxygens (including phenoxy) is 1. The normalized spacial score (nSPS) is 26.4. The summed E-state index contributed by atoms with van der Waals surface area (Å²) < 4.78 is 5.95. The van der Waals surface area contributed by atoms with E-state index >= 15 is 0 Å². The van der Waals surface area contributed by atoms with E-state index in [0.29, 0.717) is 12.0 Å². The van der Waals surface area contributed by atoms with Crippen molar-refractivity contribution in [3.8, 4) is 5.88 Å². The van der Waals surface area contributed by atoms with Gasteiger partial charge in [0.05, 0.1) is 11.0 Å². The molecule has 4 rings (SSSR count). The molecule has 0 radical (unpaired) electrons. The van der Waals surface area contributed by atoms with Crippen LogP contribution in [0.15, 0.2) is 24.3 Å². The molecule has 1 aliphatic heterocycles. The molecule has 2 aromatic rings. The molecular formula is C14H14N2O. The highest BCUT2D eigenvalue weighted by Gasteiger charge is 2.38. The van der Waals surface area contributed by atoms with E-state index in [1.807, 2.05) is 24.3 Å². The highest BCUT2D eigenvalue weighted by Crippen LogP contribution is 2.43. The molecule has 2 unspecified atom stereocenters. The molecule has 17 heavy (non-hydrogen) atoms. The molecule has 1 aliphatic carbocycles. The van der Waals surface area contributed by atoms with Gasteiger partial charge < -0.3 is 4.74 Å². The maximum atomic E-state index is 5.95. The van der Waals surface area contributed by atoms with Crippen LogP contribution >= 0.6 is 0 Å². The molecule has 2 atom stereocenters. The summed E-state index contributed by atoms with van der Waals surface area (Å²) in [5.74, 6) is 1.26. The van der Waals surface area contributed by atoms with E-state index in [2.05, 4.69) is 4.98 Å². The summed E-state index contributed by atoms with van der Waals surface area (Å²) in [4.78, 5) is 9.35. The van der Waals surface area contributed by atoms with Crippen molar-refractivity contribution in [2.24, 2.45) is 0 Å². The van der Waals surface area contributed by atoms with Crippen molar-refractivity contribution < 1.29 is 4.74 Å². The number of fused-ring (bicyclic) bond motifs is 4. The van der Waals surface area contributed by atoms with Gasteiger partial charge in [-0.05, 0) is 31.4 Å². The third kappa shape index (κ3) is 1.35. The van der Waals surface area contributed by atoms with E-state index < -0.39 is 0 Å². The first-order chi connectivity index (χ1) is 8.42. The Bertz CT molecular complexity index is 581. The van der Waals surface area contributed by atoms with Gasteiger partial charge in [-0.1, -0.05) is 18.6 Å². The smallest absolute Gasteiger partial charge is 0.236 e. The van der Waals surface area contributed by atoms with E-state index in [4.69, 9.17) is 9.72 Å². The summed E-state index contributed by atoms with van der Waals surface area (Å²) in [6.45, 7) is 0. The predicted octanol–water partition coefficient (Wildman–Crippen LogP) is 3.05. The zero-order valence-electron chi connectivity index (χ0n) is 9.60. The lowest BCUT2D eigenvalue weighted by atomic mass is 9.86. The maximum Gasteiger partial charge on any atom is 0.236 e. The molecule has 3 nitrogen and oxygen atoms in total. The first kappa shape index (κ1) is 9.40. The fourth-order valence-electron chi connectivity index (χ4n) is 3.02. The Morgan fingerprint density at radius 1 is 1.00 bits per heavy atom. The van der Waals surface area contributed by atoms with Gasteiger partial charge in [0.15, 0.2) is 0 Å². The average molecular weight is 226 g/mol. The molecule has 0 spiro atoms. The van der Waals surface area contributed by atoms with Crippen LogP contribution in [0.25, 0.3) is 11.0 Å². The summed E-state index contributed by atoms with van der Waals surface area (Å²) in [5, 5.41) is 0. The van der Waals surface area contributed by atoms with Gasteiger partial charge in [-0.3, -0.25) is 0 Å². The van der Waals surface area contributed by atoms with Crippen LogP contribution in [0.3, 0.4) is 0 Å². The van der Waals surface area contributed by atoms with Crippen LogP contribution in [0.1, 0.15) is 37.3 Å². The predicted molar refractivity (Wildman–Crippen MR) is 65.2 cm³/mol. The van der Waals surface area contributed by atoms with Gasteiger partial charge in [-0.25, -0.2) is 9.97 Å². The fraction of sp³-hybridized carbons (Fsp3) is 0.429. The van der Waals surface area contributed by atoms with Crippen molar-refractivity contribution in [3.63, 3.8) is 0 Å². The maximum absolute atomic E-state index is 5.95. The number of hydrogen-bond acceptors (Lipinski definition) is 3. The van der Waals surface area contributed by atoms with Crippen LogP contribution in [0.4, 0.5) is 0 Å². The number of benzene rings is 1. The van der Waals surface area contributed by atoms with Crippen LogP contribution in [-0.4, -0.2) is 16.1 Å². The summed E-state index contributed by atoms with van der Waals surface area (Å²) in [7, 11) is 0. The topological polar surface area (TPSA) is 35.0 Å². The highest BCUT2D eigenvalue weighted by molar-refractivity contribution is 5.75. The van der Waals surface area contributed by atoms with E-state index in [1.165, 1.54) is 19.3 Å². The van der Waals surface area contributed by atoms with Gasteiger partial charge in [0.2, 0.25) is 5.88 Å². The molecule has 86 valence electrons. The molecule has 1 fully saturated rings. The second kappa shape index (κ2) is 3.42. The zero-order chi connectivity index (χ0) is 11.2. The molecular weight excluding hydrogens is 212 g/mol. The summed E-state index contributed by atoms with van der Waals surface area (Å²) >= 11 is 0. The van der Waals surface area contributed by atoms with Crippen molar-refractivity contribution in [2.75, 3.05) is 0 Å². The van der Waals surface area contributed by atoms with E-state index in [0.717, 1.165) is 29.0 Å². The highest BCUT2D eigenvalue weighted by atomic mass is 16.5. The van der Waals surface area contributed by atoms with Crippen LogP contribution < -0.4 is 4.74 Å². The molecule has 2 aliphatic rings. The molecule has 0 N–H and O–H groups in total. The molecule has 0 amide bonds. The van der Waals surface area contributed by atoms with Crippen molar-refractivity contribution in [1.29, 1.82) is 0 Å². The molecule has 2 heterocycles. The van der Waals surface area contributed by atoms with Crippen LogP contribution in [0, 0.1) is 0 Å². The van der Waals surface area contributed by atoms with Crippen molar-refractivity contribution in [2.45, 2.75) is 37.7 Å². The van der Waals surface area contributed by atoms with E-state index in [1.54, 1.807) is 0 Å². The van der Waals surface area contributed by atoms with Crippen LogP contribution in [0.5, 0.6) is 5.88 Å². The van der Waals surface area contributed by atoms with Crippen LogP contribution in [-0.2, 0) is 0 Å². The minimum Gasteiger partial charge on any atom is -0.472 e. The minimum absolute atomic E-state index is 0.329. The molecule has 1 aromatic carbocycles. The first-order valence-electron chi connectivity index (χ1n) is 6.35. The summed E-state index contributed by atoms with van der Waals surface area (Å²) in [6.07, 6.45) is 5.24. The van der Waals surface area contributed by atoms with Crippen molar-refractivity contribution in [1.82, 2.24) is 9.97 Å². The van der Waals surface area contributed by atoms with Gasteiger partial charge in [0.25, 0.3) is 0 Å². The first-order valence-corrected chi connectivity index (χ1v) is 6.35. The Labute approximate surface area is 99.8 Å². The summed E-state index contributed by atoms with van der Waals surface area (Å²) in [6, 6.07) is 8.02. The number of rotatable bonds is 0. The lowest BCUT2D eigenvalue weighted by Gasteiger charge is -2.22. The monoisotopic (exact) mass is 226 g/mol. The minimum atomic E-state index is 0.329. The molecule has 1 saturated carbocycles. The fourth-order valence-corrected chi connectivity index (χ4v) is 3.02. The van der Waals surface area contributed by atoms with Gasteiger partial charge in [-0.2, -0.15) is 0 Å². The standard InChI is InChI=1S/C14H14N2O/c1-4-8-12-9(5-1)13-14(17-12)16-11-7-3-2-6-10(11)15-13/h2-3,6-7,9,12H,1,4-5,8H2. The number of nitrogens with zero attached hydrogens (tertiary/aromatic N) is 2. The Hall–Kier alpha value is -1.64. The molecule has 0 saturated heterocycles. The number of hydrogen-bond donors (Lipinski definition) is 0. The van der Waals surface area contributed by atoms with E-state index in [9.17, 15) is 0 Å². The summed E-state index contributed by atoms with van der Waals surface area (Å²) in [5.41, 5.74) is 3.01. The van der Waals surface area contributed by atoms with Gasteiger partial charge >= 0.3 is 0 Å². The lowest BCUT2D eigenvalue weighted by Crippen LogP contribution is -2.22. The van der Waals surface area contributed by atoms with Crippen molar-refractivity contribution >= 4 is 11.0 Å². The van der Waals surface area contributed by atoms with E-state index in [-0.39, 0.29) is 0 Å². The Morgan fingerprint density at radius 3 is 2.65 bits per heavy atom. The second-order valence-corrected chi connectivity index (χ2v) is 4.95. The second-order valence-electron chi connectivity index (χ2n) is 4.95. The molecule has 3 heteroatoms. The molecule has 0 bridgehead atoms. The Morgan fingerprint density at radius 2 is 1.76 bits per heavy atom. The third-order valence-corrected chi connectivity index (χ3v) is 3.88. The number of para-hydroxylation sites is 2. The quantitative estimate of drug-likeness (QED) is 0.692. The Balaban J connectivity index is 1.89. The molecule has 1 aromatic heterocycles. The number of aromatic nitrogens is 2. The largest absolute Gasteiger partial charge is 0.472 e. The zero-order valence-corrected chi connectivity index (χ0v) is 9.60. The lowest BCUT2D eigenvalue weighted by molar-refractivity contribution is 0.159. The van der Waals surface area contributed by atoms with Crippen molar-refractivity contribution in [3.05, 3.63) is 30.0 Å². The third-order valence-electron chi connectivity index (χ3n) is 3.88. The Kier molecular flexibility index (Phi) is 1.89. The van der Waals surface area contributed by atoms with Gasteiger partial charge in [0.1, 0.15) is 11.8 Å². The van der Waals surface area contributed by atoms with Gasteiger partial charge in [0, 0.05) is 5.92 Å². The van der Waals surface area contributed by atoms with Gasteiger partial charge in [-0.15, -0.1) is 0 Å².